The first kappa shape index (κ1) is 17.0. The Balaban J connectivity index is 2.14. The topological polar surface area (TPSA) is 154 Å². The molecule has 10 heteroatoms. The van der Waals surface area contributed by atoms with Gasteiger partial charge in [-0.1, -0.05) is 0 Å². The second kappa shape index (κ2) is 6.41. The van der Waals surface area contributed by atoms with Crippen LogP contribution >= 0.6 is 7.60 Å². The number of carbonyl (C=O) groups excluding carboxylic acids is 1. The molecule has 0 radical (unpaired) electrons. The number of rotatable bonds is 5. The van der Waals surface area contributed by atoms with E-state index in [9.17, 15) is 19.6 Å². The van der Waals surface area contributed by atoms with Gasteiger partial charge in [0.1, 0.15) is 11.7 Å². The van der Waals surface area contributed by atoms with Crippen LogP contribution in [0.4, 0.5) is 0 Å². The standard InChI is InChI=1S/C12H17N2O7P/c13-11(17)7-2-1-4-14(6-7)12-10(16)9(15)8(21-12)3-5-22(18,19)20/h1-2,4,6,8-10,12,15-16H,3,5H2,(H3-,13,17,18,19,20)/p+1/t8-,9-,10-,12-/m1/s1. The van der Waals surface area contributed by atoms with Gasteiger partial charge in [0.2, 0.25) is 0 Å². The summed E-state index contributed by atoms with van der Waals surface area (Å²) >= 11 is 0. The second-order valence-electron chi connectivity index (χ2n) is 5.13. The number of pyridine rings is 1. The number of aliphatic hydroxyl groups excluding tert-OH is 2. The molecule has 1 saturated heterocycles. The average molecular weight is 333 g/mol. The predicted octanol–water partition coefficient (Wildman–Crippen LogP) is -1.74. The fourth-order valence-electron chi connectivity index (χ4n) is 2.31. The highest BCUT2D eigenvalue weighted by Gasteiger charge is 2.48. The van der Waals surface area contributed by atoms with Gasteiger partial charge in [-0.25, -0.2) is 0 Å². The highest BCUT2D eigenvalue weighted by molar-refractivity contribution is 7.51. The Morgan fingerprint density at radius 1 is 1.36 bits per heavy atom. The van der Waals surface area contributed by atoms with Crippen molar-refractivity contribution >= 4 is 13.5 Å². The van der Waals surface area contributed by atoms with E-state index in [-0.39, 0.29) is 12.0 Å². The van der Waals surface area contributed by atoms with Gasteiger partial charge in [0.15, 0.2) is 18.5 Å². The zero-order chi connectivity index (χ0) is 16.5. The molecule has 9 nitrogen and oxygen atoms in total. The van der Waals surface area contributed by atoms with Crippen LogP contribution in [0.2, 0.25) is 0 Å². The molecule has 0 bridgehead atoms. The number of ether oxygens (including phenoxy) is 1. The van der Waals surface area contributed by atoms with Gasteiger partial charge in [0.05, 0.1) is 12.3 Å². The first-order valence-electron chi connectivity index (χ1n) is 6.56. The molecule has 1 amide bonds. The van der Waals surface area contributed by atoms with E-state index in [1.807, 2.05) is 0 Å². The molecule has 2 rings (SSSR count). The van der Waals surface area contributed by atoms with Crippen molar-refractivity contribution in [2.45, 2.75) is 31.0 Å². The van der Waals surface area contributed by atoms with Crippen LogP contribution in [0.25, 0.3) is 0 Å². The van der Waals surface area contributed by atoms with Gasteiger partial charge in [-0.2, -0.15) is 4.57 Å². The van der Waals surface area contributed by atoms with Gasteiger partial charge < -0.3 is 30.5 Å². The molecule has 1 aromatic heterocycles. The maximum absolute atomic E-state index is 11.2. The third-order valence-electron chi connectivity index (χ3n) is 3.44. The summed E-state index contributed by atoms with van der Waals surface area (Å²) in [7, 11) is -4.22. The van der Waals surface area contributed by atoms with Crippen molar-refractivity contribution in [1.82, 2.24) is 0 Å². The largest absolute Gasteiger partial charge is 0.387 e. The normalized spacial score (nSPS) is 28.7. The summed E-state index contributed by atoms with van der Waals surface area (Å²) in [5.74, 6) is -0.652. The van der Waals surface area contributed by atoms with Crippen LogP contribution in [0.1, 0.15) is 23.0 Å². The van der Waals surface area contributed by atoms with Crippen LogP contribution in [-0.4, -0.2) is 50.4 Å². The third kappa shape index (κ3) is 3.89. The van der Waals surface area contributed by atoms with E-state index < -0.39 is 44.2 Å². The Hall–Kier alpha value is -1.35. The molecule has 1 aliphatic heterocycles. The minimum atomic E-state index is -4.22. The number of hydrogen-bond acceptors (Lipinski definition) is 5. The van der Waals surface area contributed by atoms with E-state index in [0.29, 0.717) is 0 Å². The molecule has 0 saturated carbocycles. The summed E-state index contributed by atoms with van der Waals surface area (Å²) < 4.78 is 17.7. The van der Waals surface area contributed by atoms with Crippen molar-refractivity contribution in [3.05, 3.63) is 30.1 Å². The highest BCUT2D eigenvalue weighted by Crippen LogP contribution is 2.38. The van der Waals surface area contributed by atoms with Crippen molar-refractivity contribution in [3.63, 3.8) is 0 Å². The van der Waals surface area contributed by atoms with Crippen LogP contribution in [0.5, 0.6) is 0 Å². The van der Waals surface area contributed by atoms with Gasteiger partial charge in [-0.05, 0) is 12.5 Å². The third-order valence-corrected chi connectivity index (χ3v) is 4.28. The summed E-state index contributed by atoms with van der Waals surface area (Å²) in [6.07, 6.45) is -2.15. The van der Waals surface area contributed by atoms with Crippen LogP contribution < -0.4 is 10.3 Å². The molecule has 22 heavy (non-hydrogen) atoms. The lowest BCUT2D eigenvalue weighted by molar-refractivity contribution is -0.765. The van der Waals surface area contributed by atoms with Crippen molar-refractivity contribution in [1.29, 1.82) is 0 Å². The maximum atomic E-state index is 11.2. The van der Waals surface area contributed by atoms with E-state index in [4.69, 9.17) is 20.3 Å². The first-order valence-corrected chi connectivity index (χ1v) is 8.35. The van der Waals surface area contributed by atoms with Crippen LogP contribution in [0.3, 0.4) is 0 Å². The smallest absolute Gasteiger partial charge is 0.325 e. The molecule has 0 aromatic carbocycles. The number of aliphatic hydroxyl groups is 2. The summed E-state index contributed by atoms with van der Waals surface area (Å²) in [4.78, 5) is 28.9. The lowest BCUT2D eigenvalue weighted by Crippen LogP contribution is -2.46. The Labute approximate surface area is 126 Å². The van der Waals surface area contributed by atoms with Gasteiger partial charge >= 0.3 is 7.60 Å². The predicted molar refractivity (Wildman–Crippen MR) is 72.6 cm³/mol. The molecular formula is C12H18N2O7P+. The number of amides is 1. The minimum absolute atomic E-state index is 0.102. The molecule has 1 aliphatic rings. The zero-order valence-corrected chi connectivity index (χ0v) is 12.4. The van der Waals surface area contributed by atoms with Crippen LogP contribution in [0, 0.1) is 0 Å². The SMILES string of the molecule is NC(=O)c1ccc[n+]([C@@H]2O[C@H](CCP(=O)(O)O)[C@@H](O)[C@H]2O)c1. The summed E-state index contributed by atoms with van der Waals surface area (Å²) in [5, 5.41) is 20.0. The number of aromatic nitrogens is 1. The van der Waals surface area contributed by atoms with E-state index in [1.54, 1.807) is 0 Å². The van der Waals surface area contributed by atoms with E-state index in [1.165, 1.54) is 29.1 Å². The molecule has 0 unspecified atom stereocenters. The Bertz CT molecular complexity index is 605. The molecule has 1 fully saturated rings. The zero-order valence-electron chi connectivity index (χ0n) is 11.5. The minimum Gasteiger partial charge on any atom is -0.387 e. The molecular weight excluding hydrogens is 315 g/mol. The van der Waals surface area contributed by atoms with Crippen molar-refractivity contribution < 1.29 is 38.7 Å². The van der Waals surface area contributed by atoms with Crippen LogP contribution in [0.15, 0.2) is 24.5 Å². The second-order valence-corrected chi connectivity index (χ2v) is 6.90. The number of nitrogens with zero attached hydrogens (tertiary/aromatic N) is 1. The number of primary amides is 1. The fourth-order valence-corrected chi connectivity index (χ4v) is 2.90. The summed E-state index contributed by atoms with van der Waals surface area (Å²) in [6.45, 7) is 0. The number of hydrogen-bond donors (Lipinski definition) is 5. The van der Waals surface area contributed by atoms with Crippen LogP contribution in [-0.2, 0) is 9.30 Å². The highest BCUT2D eigenvalue weighted by atomic mass is 31.2. The quantitative estimate of drug-likeness (QED) is 0.316. The van der Waals surface area contributed by atoms with E-state index >= 15 is 0 Å². The van der Waals surface area contributed by atoms with Gasteiger partial charge in [0, 0.05) is 6.07 Å². The number of nitrogens with two attached hydrogens (primary N) is 1. The van der Waals surface area contributed by atoms with Crippen molar-refractivity contribution in [2.75, 3.05) is 6.16 Å². The van der Waals surface area contributed by atoms with Gasteiger partial charge in [-0.15, -0.1) is 0 Å². The lowest BCUT2D eigenvalue weighted by atomic mass is 10.1. The molecule has 0 spiro atoms. The van der Waals surface area contributed by atoms with Gasteiger partial charge in [0.25, 0.3) is 12.1 Å². The lowest BCUT2D eigenvalue weighted by Gasteiger charge is -2.13. The van der Waals surface area contributed by atoms with E-state index in [0.717, 1.165) is 0 Å². The number of carbonyl (C=O) groups is 1. The summed E-state index contributed by atoms with van der Waals surface area (Å²) in [5.41, 5.74) is 5.37. The molecule has 4 atom stereocenters. The van der Waals surface area contributed by atoms with Crippen molar-refractivity contribution in [2.24, 2.45) is 5.73 Å². The molecule has 0 aliphatic carbocycles. The fraction of sp³-hybridized carbons (Fsp3) is 0.500. The average Bonchev–Trinajstić information content (AvgIpc) is 2.72. The maximum Gasteiger partial charge on any atom is 0.325 e. The molecule has 6 N–H and O–H groups in total. The first-order chi connectivity index (χ1) is 10.2. The molecule has 2 heterocycles. The molecule has 122 valence electrons. The Morgan fingerprint density at radius 2 is 2.05 bits per heavy atom. The van der Waals surface area contributed by atoms with Gasteiger partial charge in [-0.3, -0.25) is 9.36 Å². The summed E-state index contributed by atoms with van der Waals surface area (Å²) in [6, 6.07) is 3.02. The molecule has 1 aromatic rings. The van der Waals surface area contributed by atoms with E-state index in [2.05, 4.69) is 0 Å². The van der Waals surface area contributed by atoms with Crippen molar-refractivity contribution in [3.8, 4) is 0 Å². The Kier molecular flexibility index (Phi) is 4.96. The Morgan fingerprint density at radius 3 is 2.64 bits per heavy atom. The monoisotopic (exact) mass is 333 g/mol.